The van der Waals surface area contributed by atoms with Crippen molar-refractivity contribution in [1.82, 2.24) is 0 Å². The molecule has 72 valence electrons. The van der Waals surface area contributed by atoms with Crippen LogP contribution in [0, 0.1) is 0 Å². The smallest absolute Gasteiger partial charge is 0.0861 e. The van der Waals surface area contributed by atoms with Gasteiger partial charge in [0, 0.05) is 17.6 Å². The normalized spacial score (nSPS) is 32.2. The number of rotatable bonds is 4. The van der Waals surface area contributed by atoms with Crippen LogP contribution in [0.25, 0.3) is 0 Å². The second-order valence-corrected chi connectivity index (χ2v) is 4.34. The van der Waals surface area contributed by atoms with Crippen LogP contribution in [0.4, 0.5) is 0 Å². The summed E-state index contributed by atoms with van der Waals surface area (Å²) in [7, 11) is 0. The molecule has 1 aliphatic rings. The van der Waals surface area contributed by atoms with Crippen molar-refractivity contribution in [2.75, 3.05) is 19.0 Å². The van der Waals surface area contributed by atoms with Gasteiger partial charge in [0.2, 0.25) is 0 Å². The van der Waals surface area contributed by atoms with Gasteiger partial charge in [0.1, 0.15) is 0 Å². The molecule has 0 bridgehead atoms. The third-order valence-electron chi connectivity index (χ3n) is 2.02. The first-order chi connectivity index (χ1) is 5.74. The highest BCUT2D eigenvalue weighted by Gasteiger charge is 2.24. The zero-order valence-corrected chi connectivity index (χ0v) is 8.09. The summed E-state index contributed by atoms with van der Waals surface area (Å²) in [5, 5.41) is 18.2. The molecule has 1 fully saturated rings. The Balaban J connectivity index is 2.13. The molecule has 0 aromatic carbocycles. The van der Waals surface area contributed by atoms with E-state index < -0.39 is 6.10 Å². The summed E-state index contributed by atoms with van der Waals surface area (Å²) in [6, 6.07) is 0. The first-order valence-electron chi connectivity index (χ1n) is 4.26. The molecule has 0 radical (unpaired) electrons. The number of hydrogen-bond donors (Lipinski definition) is 2. The molecule has 1 rings (SSSR count). The van der Waals surface area contributed by atoms with Gasteiger partial charge in [0.15, 0.2) is 0 Å². The topological polar surface area (TPSA) is 49.7 Å². The molecule has 0 amide bonds. The fourth-order valence-corrected chi connectivity index (χ4v) is 2.41. The molecule has 0 aliphatic carbocycles. The minimum Gasteiger partial charge on any atom is -0.394 e. The van der Waals surface area contributed by atoms with Crippen molar-refractivity contribution >= 4 is 11.8 Å². The van der Waals surface area contributed by atoms with Crippen LogP contribution in [-0.2, 0) is 4.74 Å². The average Bonchev–Trinajstić information content (AvgIpc) is 2.47. The molecule has 3 nitrogen and oxygen atoms in total. The van der Waals surface area contributed by atoms with Gasteiger partial charge >= 0.3 is 0 Å². The molecule has 0 spiro atoms. The summed E-state index contributed by atoms with van der Waals surface area (Å²) in [4.78, 5) is 0. The van der Waals surface area contributed by atoms with E-state index in [0.717, 1.165) is 13.0 Å². The summed E-state index contributed by atoms with van der Waals surface area (Å²) in [6.07, 6.45) is 0.771. The van der Waals surface area contributed by atoms with E-state index in [0.29, 0.717) is 17.1 Å². The van der Waals surface area contributed by atoms with E-state index in [1.807, 2.05) is 0 Å². The van der Waals surface area contributed by atoms with Crippen LogP contribution < -0.4 is 0 Å². The van der Waals surface area contributed by atoms with Crippen LogP contribution in [0.15, 0.2) is 0 Å². The summed E-state index contributed by atoms with van der Waals surface area (Å²) in [5.74, 6) is 0.606. The number of aliphatic hydroxyl groups excluding tert-OH is 2. The summed E-state index contributed by atoms with van der Waals surface area (Å²) < 4.78 is 5.37. The van der Waals surface area contributed by atoms with Crippen molar-refractivity contribution in [2.24, 2.45) is 0 Å². The quantitative estimate of drug-likeness (QED) is 0.670. The second-order valence-electron chi connectivity index (χ2n) is 3.07. The maximum absolute atomic E-state index is 9.09. The Bertz CT molecular complexity index is 131. The minimum absolute atomic E-state index is 0.144. The summed E-state index contributed by atoms with van der Waals surface area (Å²) in [5.41, 5.74) is 0. The van der Waals surface area contributed by atoms with Gasteiger partial charge in [-0.25, -0.2) is 0 Å². The lowest BCUT2D eigenvalue weighted by Crippen LogP contribution is -2.20. The molecule has 0 aromatic rings. The largest absolute Gasteiger partial charge is 0.394 e. The average molecular weight is 192 g/mol. The standard InChI is InChI=1S/C8H16O3S/c1-6-8(2-3-11-6)12-5-7(10)4-9/h6-10H,2-5H2,1H3. The van der Waals surface area contributed by atoms with Crippen LogP contribution in [0.5, 0.6) is 0 Å². The lowest BCUT2D eigenvalue weighted by molar-refractivity contribution is 0.113. The third-order valence-corrected chi connectivity index (χ3v) is 3.64. The van der Waals surface area contributed by atoms with E-state index in [1.54, 1.807) is 11.8 Å². The first-order valence-corrected chi connectivity index (χ1v) is 5.31. The zero-order chi connectivity index (χ0) is 8.97. The van der Waals surface area contributed by atoms with Crippen LogP contribution in [0.1, 0.15) is 13.3 Å². The molecule has 1 heterocycles. The summed E-state index contributed by atoms with van der Waals surface area (Å²) >= 11 is 1.69. The minimum atomic E-state index is -0.581. The Morgan fingerprint density at radius 2 is 2.42 bits per heavy atom. The van der Waals surface area contributed by atoms with Gasteiger partial charge in [-0.15, -0.1) is 0 Å². The maximum Gasteiger partial charge on any atom is 0.0861 e. The first kappa shape index (κ1) is 10.3. The Labute approximate surface area is 77.1 Å². The molecule has 4 heteroatoms. The van der Waals surface area contributed by atoms with E-state index >= 15 is 0 Å². The van der Waals surface area contributed by atoms with Crippen molar-refractivity contribution in [3.8, 4) is 0 Å². The van der Waals surface area contributed by atoms with Crippen molar-refractivity contribution in [1.29, 1.82) is 0 Å². The van der Waals surface area contributed by atoms with Crippen molar-refractivity contribution in [2.45, 2.75) is 30.8 Å². The van der Waals surface area contributed by atoms with E-state index in [4.69, 9.17) is 14.9 Å². The van der Waals surface area contributed by atoms with E-state index in [1.165, 1.54) is 0 Å². The van der Waals surface area contributed by atoms with Crippen molar-refractivity contribution in [3.63, 3.8) is 0 Å². The maximum atomic E-state index is 9.09. The number of thioether (sulfide) groups is 1. The predicted octanol–water partition coefficient (Wildman–Crippen LogP) is 0.250. The van der Waals surface area contributed by atoms with Crippen LogP contribution in [-0.4, -0.2) is 46.6 Å². The molecule has 0 aromatic heterocycles. The Hall–Kier alpha value is 0.230. The molecule has 3 unspecified atom stereocenters. The highest BCUT2D eigenvalue weighted by atomic mass is 32.2. The van der Waals surface area contributed by atoms with Crippen LogP contribution >= 0.6 is 11.8 Å². The van der Waals surface area contributed by atoms with E-state index in [-0.39, 0.29) is 6.61 Å². The highest BCUT2D eigenvalue weighted by Crippen LogP contribution is 2.26. The molecule has 2 N–H and O–H groups in total. The van der Waals surface area contributed by atoms with Crippen molar-refractivity contribution in [3.05, 3.63) is 0 Å². The Kier molecular flexibility index (Phi) is 4.35. The highest BCUT2D eigenvalue weighted by molar-refractivity contribution is 8.00. The van der Waals surface area contributed by atoms with Gasteiger partial charge < -0.3 is 14.9 Å². The monoisotopic (exact) mass is 192 g/mol. The molecular weight excluding hydrogens is 176 g/mol. The zero-order valence-electron chi connectivity index (χ0n) is 7.27. The predicted molar refractivity (Wildman–Crippen MR) is 49.4 cm³/mol. The lowest BCUT2D eigenvalue weighted by Gasteiger charge is -2.14. The Morgan fingerprint density at radius 1 is 1.67 bits per heavy atom. The van der Waals surface area contributed by atoms with Gasteiger partial charge in [-0.1, -0.05) is 0 Å². The van der Waals surface area contributed by atoms with Gasteiger partial charge in [-0.3, -0.25) is 0 Å². The summed E-state index contributed by atoms with van der Waals surface area (Å²) in [6.45, 7) is 2.74. The molecule has 1 saturated heterocycles. The molecule has 3 atom stereocenters. The van der Waals surface area contributed by atoms with E-state index in [9.17, 15) is 0 Å². The van der Waals surface area contributed by atoms with Crippen LogP contribution in [0.2, 0.25) is 0 Å². The second kappa shape index (κ2) is 5.07. The lowest BCUT2D eigenvalue weighted by atomic mass is 10.3. The van der Waals surface area contributed by atoms with Gasteiger partial charge in [0.25, 0.3) is 0 Å². The van der Waals surface area contributed by atoms with Crippen molar-refractivity contribution < 1.29 is 14.9 Å². The molecular formula is C8H16O3S. The SMILES string of the molecule is CC1OCCC1SCC(O)CO. The Morgan fingerprint density at radius 3 is 2.92 bits per heavy atom. The fraction of sp³-hybridized carbons (Fsp3) is 1.00. The molecule has 0 saturated carbocycles. The van der Waals surface area contributed by atoms with E-state index in [2.05, 4.69) is 6.92 Å². The van der Waals surface area contributed by atoms with Gasteiger partial charge in [-0.2, -0.15) is 11.8 Å². The van der Waals surface area contributed by atoms with Gasteiger partial charge in [-0.05, 0) is 13.3 Å². The van der Waals surface area contributed by atoms with Crippen LogP contribution in [0.3, 0.4) is 0 Å². The fourth-order valence-electron chi connectivity index (χ4n) is 1.22. The number of aliphatic hydroxyl groups is 2. The van der Waals surface area contributed by atoms with Gasteiger partial charge in [0.05, 0.1) is 18.8 Å². The number of hydrogen-bond acceptors (Lipinski definition) is 4. The molecule has 12 heavy (non-hydrogen) atoms. The number of ether oxygens (including phenoxy) is 1. The third kappa shape index (κ3) is 2.94. The molecule has 1 aliphatic heterocycles.